The van der Waals surface area contributed by atoms with Crippen LogP contribution < -0.4 is 32.3 Å². The zero-order valence-electron chi connectivity index (χ0n) is 59.2. The molecule has 0 radical (unpaired) electrons. The van der Waals surface area contributed by atoms with E-state index in [-0.39, 0.29) is 56.7 Å². The Balaban J connectivity index is 0.763. The molecule has 101 heavy (non-hydrogen) atoms. The van der Waals surface area contributed by atoms with Gasteiger partial charge in [-0.2, -0.15) is 8.78 Å². The van der Waals surface area contributed by atoms with Crippen molar-refractivity contribution >= 4 is 77.3 Å². The minimum Gasteiger partial charge on any atom is -0.438 e. The molecule has 0 aliphatic carbocycles. The summed E-state index contributed by atoms with van der Waals surface area (Å²) in [4.78, 5) is 119. The lowest BCUT2D eigenvalue weighted by Crippen LogP contribution is -2.56. The van der Waals surface area contributed by atoms with Gasteiger partial charge >= 0.3 is 30.9 Å². The quantitative estimate of drug-likeness (QED) is 0.00723. The van der Waals surface area contributed by atoms with Crippen molar-refractivity contribution in [3.63, 3.8) is 0 Å². The highest BCUT2D eigenvalue weighted by atomic mass is 31.2. The molecule has 0 saturated carbocycles. The van der Waals surface area contributed by atoms with Crippen LogP contribution in [0.4, 0.5) is 14.5 Å². The first-order valence-corrected chi connectivity index (χ1v) is 36.0. The fourth-order valence-electron chi connectivity index (χ4n) is 12.3. The molecular weight excluding hydrogens is 1330 g/mol. The van der Waals surface area contributed by atoms with Crippen molar-refractivity contribution in [2.24, 2.45) is 23.6 Å². The highest BCUT2D eigenvalue weighted by molar-refractivity contribution is 7.54. The number of unbranched alkanes of at least 4 members (excludes halogenated alkanes) is 3. The number of rotatable bonds is 36. The van der Waals surface area contributed by atoms with Gasteiger partial charge in [0.15, 0.2) is 0 Å². The molecule has 5 N–H and O–H groups in total. The van der Waals surface area contributed by atoms with E-state index in [4.69, 9.17) is 38.5 Å². The zero-order valence-corrected chi connectivity index (χ0v) is 60.1. The van der Waals surface area contributed by atoms with Crippen LogP contribution in [0, 0.1) is 10.8 Å². The SMILES string of the molecule is C/C(=C\C(=O)N[C@H]1CCc2cccc3c2N(C1=O)[C@H](C(=O)NC(CCC(N)=O)[C@@H](C)OCc1ccc(CCCOCCCCCCOCCCc2cccc4c2n(C)c(=O)n4C2CCC(=O)NC2=O)cc1)C3)c1ccc(C(F)(F)P(=O)(OCOC(=O)C(C)(C)C)OCOC(=O)C(C)(C)C)cc1. The average molecular weight is 1420 g/mol. The van der Waals surface area contributed by atoms with Crippen LogP contribution in [0.2, 0.25) is 0 Å². The summed E-state index contributed by atoms with van der Waals surface area (Å²) in [6.45, 7) is 12.9. The number of para-hydroxylation sites is 2. The molecular formula is C74H96F2N7O17P. The van der Waals surface area contributed by atoms with E-state index in [1.165, 1.54) is 69.2 Å². The summed E-state index contributed by atoms with van der Waals surface area (Å²) in [5.74, 6) is -4.71. The minimum absolute atomic E-state index is 0.0476. The second-order valence-electron chi connectivity index (χ2n) is 28.0. The topological polar surface area (TPSA) is 311 Å². The van der Waals surface area contributed by atoms with Gasteiger partial charge in [0.2, 0.25) is 49.0 Å². The molecule has 3 aliphatic rings. The third kappa shape index (κ3) is 20.5. The Morgan fingerprint density at radius 3 is 1.95 bits per heavy atom. The molecule has 24 nitrogen and oxygen atoms in total. The van der Waals surface area contributed by atoms with Crippen molar-refractivity contribution < 1.29 is 84.4 Å². The highest BCUT2D eigenvalue weighted by Gasteiger charge is 2.56. The summed E-state index contributed by atoms with van der Waals surface area (Å²) in [5.41, 5.74) is 5.28. The molecule has 0 bridgehead atoms. The van der Waals surface area contributed by atoms with Gasteiger partial charge in [0.1, 0.15) is 18.1 Å². The fourth-order valence-corrected chi connectivity index (χ4v) is 13.5. The van der Waals surface area contributed by atoms with Crippen molar-refractivity contribution in [2.75, 3.05) is 44.9 Å². The molecule has 1 fully saturated rings. The summed E-state index contributed by atoms with van der Waals surface area (Å²) in [6, 6.07) is 20.2. The smallest absolute Gasteiger partial charge is 0.410 e. The number of benzene rings is 4. The standard InChI is InChI=1S/C74H96F2N7O17P/c1-47(51-28-31-55(32-29-51)74(75,76)101(93,99-45-97-69(90)72(3,4)5)100-46-98-70(91)73(6,7)8)42-63(86)78-57-33-30-53-19-14-21-54-43-60(83(64(53)54)68(57)89)67(88)79-56(34-36-61(77)84)48(2)96-44-50-26-24-49(25-27-50)18-16-40-94-38-12-10-11-13-39-95-41-17-22-52-20-15-23-58-65(52)81(9)71(92)82(58)59-35-37-62(85)80-66(59)87/h14-15,19-21,23-29,31-32,42,48,56-57,59-60H,10-13,16-18,22,30,33-41,43-46H2,1-9H3,(H2,77,84)(H,78,86)(H,79,88)(H,80,85,87)/b47-42+/t48-,56?,57+,59?,60+/m1/s1. The van der Waals surface area contributed by atoms with Crippen molar-refractivity contribution in [3.05, 3.63) is 140 Å². The third-order valence-electron chi connectivity index (χ3n) is 18.1. The van der Waals surface area contributed by atoms with Gasteiger partial charge in [0.25, 0.3) is 0 Å². The maximum absolute atomic E-state index is 16.3. The molecule has 2 unspecified atom stereocenters. The average Bonchev–Trinajstić information content (AvgIpc) is 1.46. The van der Waals surface area contributed by atoms with Crippen LogP contribution >= 0.6 is 7.60 Å². The van der Waals surface area contributed by atoms with E-state index in [1.54, 1.807) is 25.5 Å². The molecule has 1 saturated heterocycles. The largest absolute Gasteiger partial charge is 0.438 e. The normalized spacial score (nSPS) is 17.3. The van der Waals surface area contributed by atoms with Gasteiger partial charge in [0, 0.05) is 64.4 Å². The molecule has 3 aliphatic heterocycles. The number of carbonyl (C=O) groups is 8. The van der Waals surface area contributed by atoms with E-state index in [0.29, 0.717) is 61.6 Å². The van der Waals surface area contributed by atoms with Gasteiger partial charge in [-0.1, -0.05) is 91.7 Å². The Bertz CT molecular complexity index is 3900. The Morgan fingerprint density at radius 2 is 1.34 bits per heavy atom. The number of aromatic nitrogens is 2. The lowest BCUT2D eigenvalue weighted by molar-refractivity contribution is -0.163. The van der Waals surface area contributed by atoms with Gasteiger partial charge < -0.3 is 40.1 Å². The fraction of sp³-hybridized carbons (Fsp3) is 0.527. The second-order valence-corrected chi connectivity index (χ2v) is 30.1. The maximum Gasteiger partial charge on any atom is 0.410 e. The van der Waals surface area contributed by atoms with E-state index in [1.807, 2.05) is 60.7 Å². The number of imide groups is 1. The van der Waals surface area contributed by atoms with Crippen LogP contribution in [0.25, 0.3) is 16.6 Å². The molecule has 5 aromatic rings. The number of halogens is 2. The monoisotopic (exact) mass is 1420 g/mol. The number of hydrogen-bond donors (Lipinski definition) is 4. The van der Waals surface area contributed by atoms with Crippen molar-refractivity contribution in [3.8, 4) is 0 Å². The molecule has 4 aromatic carbocycles. The number of piperidine rings is 1. The van der Waals surface area contributed by atoms with Gasteiger partial charge in [-0.3, -0.25) is 71.3 Å². The number of anilines is 1. The zero-order chi connectivity index (χ0) is 73.4. The van der Waals surface area contributed by atoms with E-state index in [2.05, 4.69) is 16.0 Å². The number of aryl methyl sites for hydroxylation is 4. The van der Waals surface area contributed by atoms with Crippen LogP contribution in [0.3, 0.4) is 0 Å². The van der Waals surface area contributed by atoms with Crippen LogP contribution in [0.5, 0.6) is 0 Å². The lowest BCUT2D eigenvalue weighted by atomic mass is 9.98. The number of ether oxygens (including phenoxy) is 5. The molecule has 1 aromatic heterocycles. The van der Waals surface area contributed by atoms with Crippen LogP contribution in [0.1, 0.15) is 171 Å². The number of nitrogens with one attached hydrogen (secondary N) is 3. The third-order valence-corrected chi connectivity index (χ3v) is 19.9. The van der Waals surface area contributed by atoms with Crippen LogP contribution in [-0.2, 0) is 121 Å². The predicted molar refractivity (Wildman–Crippen MR) is 373 cm³/mol. The first-order chi connectivity index (χ1) is 47.9. The lowest BCUT2D eigenvalue weighted by Gasteiger charge is -2.31. The highest BCUT2D eigenvalue weighted by Crippen LogP contribution is 2.67. The number of amides is 6. The van der Waals surface area contributed by atoms with Crippen LogP contribution in [0.15, 0.2) is 95.8 Å². The predicted octanol–water partition coefficient (Wildman–Crippen LogP) is 9.99. The van der Waals surface area contributed by atoms with E-state index >= 15 is 8.78 Å². The first-order valence-electron chi connectivity index (χ1n) is 34.5. The summed E-state index contributed by atoms with van der Waals surface area (Å²) in [7, 11) is -3.89. The van der Waals surface area contributed by atoms with E-state index in [0.717, 1.165) is 90.4 Å². The number of hydrogen-bond acceptors (Lipinski definition) is 17. The Hall–Kier alpha value is -8.26. The number of nitrogens with zero attached hydrogens (tertiary/aromatic N) is 3. The number of allylic oxidation sites excluding steroid dienone is 1. The van der Waals surface area contributed by atoms with Crippen molar-refractivity contribution in [1.29, 1.82) is 0 Å². The van der Waals surface area contributed by atoms with Crippen molar-refractivity contribution in [1.82, 2.24) is 25.1 Å². The number of alkyl halides is 2. The number of imidazole rings is 1. The van der Waals surface area contributed by atoms with Gasteiger partial charge in [-0.25, -0.2) is 4.79 Å². The minimum atomic E-state index is -5.60. The molecule has 8 rings (SSSR count). The first kappa shape index (κ1) is 78.5. The van der Waals surface area contributed by atoms with Gasteiger partial charge in [0.05, 0.1) is 46.3 Å². The summed E-state index contributed by atoms with van der Waals surface area (Å²) >= 11 is 0. The molecule has 6 amide bonds. The summed E-state index contributed by atoms with van der Waals surface area (Å²) < 4.78 is 87.6. The molecule has 0 spiro atoms. The Morgan fingerprint density at radius 1 is 0.743 bits per heavy atom. The number of fused-ring (bicyclic) bond motifs is 1. The Kier molecular flexibility index (Phi) is 27.3. The van der Waals surface area contributed by atoms with Gasteiger partial charge in [-0.15, -0.1) is 0 Å². The van der Waals surface area contributed by atoms with Crippen molar-refractivity contribution in [2.45, 2.75) is 194 Å². The number of carbonyl (C=O) groups excluding carboxylic acids is 8. The summed E-state index contributed by atoms with van der Waals surface area (Å²) in [5, 5.41) is 8.22. The number of esters is 2. The summed E-state index contributed by atoms with van der Waals surface area (Å²) in [6.07, 6.45) is 9.05. The number of primary amides is 1. The molecule has 5 atom stereocenters. The van der Waals surface area contributed by atoms with Crippen LogP contribution in [-0.4, -0.2) is 121 Å². The maximum atomic E-state index is 16.3. The molecule has 27 heteroatoms. The van der Waals surface area contributed by atoms with E-state index in [9.17, 15) is 47.7 Å². The Labute approximate surface area is 587 Å². The second kappa shape index (κ2) is 35.1. The molecule has 548 valence electrons. The number of nitrogens with two attached hydrogens (primary N) is 1. The molecule has 4 heterocycles. The van der Waals surface area contributed by atoms with E-state index < -0.39 is 115 Å². The van der Waals surface area contributed by atoms with Gasteiger partial charge in [-0.05, 0) is 165 Å².